The summed E-state index contributed by atoms with van der Waals surface area (Å²) < 4.78 is 5.35. The van der Waals surface area contributed by atoms with Crippen molar-refractivity contribution in [2.24, 2.45) is 17.8 Å². The van der Waals surface area contributed by atoms with Crippen molar-refractivity contribution in [3.8, 4) is 0 Å². The summed E-state index contributed by atoms with van der Waals surface area (Å²) in [6, 6.07) is 0.679. The average molecular weight is 241 g/mol. The van der Waals surface area contributed by atoms with Crippen molar-refractivity contribution in [2.45, 2.75) is 65.0 Å². The summed E-state index contributed by atoms with van der Waals surface area (Å²) in [6.45, 7) is 6.99. The van der Waals surface area contributed by atoms with Gasteiger partial charge in [-0.2, -0.15) is 0 Å². The van der Waals surface area contributed by atoms with Crippen molar-refractivity contribution >= 4 is 0 Å². The Morgan fingerprint density at radius 2 is 1.71 bits per heavy atom. The molecule has 4 unspecified atom stereocenters. The predicted octanol–water partition coefficient (Wildman–Crippen LogP) is 3.46. The fraction of sp³-hybridized carbons (Fsp3) is 1.00. The minimum atomic E-state index is 0.393. The van der Waals surface area contributed by atoms with Crippen LogP contribution in [0, 0.1) is 17.8 Å². The molecule has 0 saturated heterocycles. The Morgan fingerprint density at radius 1 is 1.12 bits per heavy atom. The monoisotopic (exact) mass is 241 g/mol. The molecule has 0 radical (unpaired) electrons. The van der Waals surface area contributed by atoms with Crippen molar-refractivity contribution in [3.05, 3.63) is 0 Å². The number of rotatable bonds is 6. The van der Waals surface area contributed by atoms with Crippen molar-refractivity contribution in [1.29, 1.82) is 0 Å². The van der Waals surface area contributed by atoms with Crippen molar-refractivity contribution < 1.29 is 4.74 Å². The van der Waals surface area contributed by atoms with Gasteiger partial charge in [-0.1, -0.05) is 13.8 Å². The molecule has 17 heavy (non-hydrogen) atoms. The predicted molar refractivity (Wildman–Crippen MR) is 74.2 cm³/mol. The van der Waals surface area contributed by atoms with Crippen LogP contribution in [-0.2, 0) is 4.74 Å². The van der Waals surface area contributed by atoms with Gasteiger partial charge in [0.25, 0.3) is 0 Å². The standard InChI is InChI=1S/C15H31NO/c1-11-8-12(2)10-14(9-11)15(16-4)7-6-13(3)17-5/h11-16H,6-10H2,1-5H3. The summed E-state index contributed by atoms with van der Waals surface area (Å²) >= 11 is 0. The molecular weight excluding hydrogens is 210 g/mol. The van der Waals surface area contributed by atoms with E-state index in [0.717, 1.165) is 17.8 Å². The highest BCUT2D eigenvalue weighted by Crippen LogP contribution is 2.35. The Hall–Kier alpha value is -0.0800. The summed E-state index contributed by atoms with van der Waals surface area (Å²) in [4.78, 5) is 0. The second-order valence-electron chi connectivity index (χ2n) is 6.20. The third-order valence-electron chi connectivity index (χ3n) is 4.44. The Balaban J connectivity index is 2.42. The van der Waals surface area contributed by atoms with E-state index in [1.165, 1.54) is 32.1 Å². The second-order valence-corrected chi connectivity index (χ2v) is 6.20. The quantitative estimate of drug-likeness (QED) is 0.769. The van der Waals surface area contributed by atoms with Gasteiger partial charge >= 0.3 is 0 Å². The molecule has 4 atom stereocenters. The number of methoxy groups -OCH3 is 1. The number of nitrogens with one attached hydrogen (secondary N) is 1. The van der Waals surface area contributed by atoms with Crippen LogP contribution in [0.3, 0.4) is 0 Å². The summed E-state index contributed by atoms with van der Waals surface area (Å²) in [5.41, 5.74) is 0. The minimum Gasteiger partial charge on any atom is -0.382 e. The Labute approximate surface area is 108 Å². The van der Waals surface area contributed by atoms with Crippen molar-refractivity contribution in [3.63, 3.8) is 0 Å². The van der Waals surface area contributed by atoms with Gasteiger partial charge in [0.15, 0.2) is 0 Å². The first-order chi connectivity index (χ1) is 8.06. The highest BCUT2D eigenvalue weighted by molar-refractivity contribution is 4.83. The van der Waals surface area contributed by atoms with Crippen LogP contribution in [-0.4, -0.2) is 26.3 Å². The van der Waals surface area contributed by atoms with E-state index in [9.17, 15) is 0 Å². The largest absolute Gasteiger partial charge is 0.382 e. The molecular formula is C15H31NO. The van der Waals surface area contributed by atoms with E-state index in [4.69, 9.17) is 4.74 Å². The smallest absolute Gasteiger partial charge is 0.0543 e. The molecule has 0 aromatic rings. The lowest BCUT2D eigenvalue weighted by Crippen LogP contribution is -2.38. The van der Waals surface area contributed by atoms with Crippen LogP contribution in [0.15, 0.2) is 0 Å². The van der Waals surface area contributed by atoms with Crippen molar-refractivity contribution in [2.75, 3.05) is 14.2 Å². The van der Waals surface area contributed by atoms with E-state index in [0.29, 0.717) is 12.1 Å². The molecule has 1 rings (SSSR count). The molecule has 0 heterocycles. The maximum Gasteiger partial charge on any atom is 0.0543 e. The summed E-state index contributed by atoms with van der Waals surface area (Å²) in [6.07, 6.45) is 7.02. The van der Waals surface area contributed by atoms with Gasteiger partial charge in [-0.15, -0.1) is 0 Å². The molecule has 1 saturated carbocycles. The maximum absolute atomic E-state index is 5.35. The highest BCUT2D eigenvalue weighted by atomic mass is 16.5. The lowest BCUT2D eigenvalue weighted by molar-refractivity contribution is 0.0977. The van der Waals surface area contributed by atoms with E-state index in [2.05, 4.69) is 33.1 Å². The highest BCUT2D eigenvalue weighted by Gasteiger charge is 2.29. The van der Waals surface area contributed by atoms with Crippen LogP contribution < -0.4 is 5.32 Å². The van der Waals surface area contributed by atoms with Crippen LogP contribution in [0.1, 0.15) is 52.9 Å². The molecule has 0 bridgehead atoms. The zero-order chi connectivity index (χ0) is 12.8. The molecule has 1 aliphatic rings. The normalized spacial score (nSPS) is 33.4. The van der Waals surface area contributed by atoms with Crippen LogP contribution >= 0.6 is 0 Å². The third kappa shape index (κ3) is 4.97. The minimum absolute atomic E-state index is 0.393. The first-order valence-corrected chi connectivity index (χ1v) is 7.26. The van der Waals surface area contributed by atoms with Gasteiger partial charge in [-0.25, -0.2) is 0 Å². The lowest BCUT2D eigenvalue weighted by Gasteiger charge is -2.36. The number of hydrogen-bond acceptors (Lipinski definition) is 2. The maximum atomic E-state index is 5.35. The zero-order valence-electron chi connectivity index (χ0n) is 12.3. The third-order valence-corrected chi connectivity index (χ3v) is 4.44. The lowest BCUT2D eigenvalue weighted by atomic mass is 9.73. The zero-order valence-corrected chi connectivity index (χ0v) is 12.3. The summed E-state index contributed by atoms with van der Waals surface area (Å²) in [7, 11) is 3.93. The molecule has 0 spiro atoms. The Morgan fingerprint density at radius 3 is 2.18 bits per heavy atom. The molecule has 1 fully saturated rings. The van der Waals surface area contributed by atoms with Crippen LogP contribution in [0.5, 0.6) is 0 Å². The molecule has 0 aromatic heterocycles. The molecule has 2 nitrogen and oxygen atoms in total. The van der Waals surface area contributed by atoms with Gasteiger partial charge in [-0.3, -0.25) is 0 Å². The average Bonchev–Trinajstić information content (AvgIpc) is 2.28. The Bertz CT molecular complexity index is 197. The molecule has 0 aromatic carbocycles. The van der Waals surface area contributed by atoms with Gasteiger partial charge < -0.3 is 10.1 Å². The Kier molecular flexibility index (Phi) is 6.50. The molecule has 0 aliphatic heterocycles. The van der Waals surface area contributed by atoms with Gasteiger partial charge in [0, 0.05) is 13.2 Å². The van der Waals surface area contributed by atoms with Gasteiger partial charge in [0.05, 0.1) is 6.10 Å². The van der Waals surface area contributed by atoms with Gasteiger partial charge in [-0.05, 0) is 63.8 Å². The molecule has 2 heteroatoms. The van der Waals surface area contributed by atoms with Gasteiger partial charge in [0.1, 0.15) is 0 Å². The van der Waals surface area contributed by atoms with Crippen LogP contribution in [0.4, 0.5) is 0 Å². The van der Waals surface area contributed by atoms with E-state index >= 15 is 0 Å². The van der Waals surface area contributed by atoms with Crippen LogP contribution in [0.2, 0.25) is 0 Å². The second kappa shape index (κ2) is 7.38. The van der Waals surface area contributed by atoms with Gasteiger partial charge in [0.2, 0.25) is 0 Å². The van der Waals surface area contributed by atoms with E-state index in [-0.39, 0.29) is 0 Å². The summed E-state index contributed by atoms with van der Waals surface area (Å²) in [5.74, 6) is 2.67. The first kappa shape index (κ1) is 15.0. The molecule has 1 aliphatic carbocycles. The number of ether oxygens (including phenoxy) is 1. The summed E-state index contributed by atoms with van der Waals surface area (Å²) in [5, 5.41) is 3.54. The first-order valence-electron chi connectivity index (χ1n) is 7.26. The van der Waals surface area contributed by atoms with E-state index in [1.54, 1.807) is 0 Å². The fourth-order valence-electron chi connectivity index (χ4n) is 3.49. The van der Waals surface area contributed by atoms with E-state index in [1.807, 2.05) is 7.11 Å². The molecule has 102 valence electrons. The van der Waals surface area contributed by atoms with E-state index < -0.39 is 0 Å². The fourth-order valence-corrected chi connectivity index (χ4v) is 3.49. The SMILES string of the molecule is CNC(CCC(C)OC)C1CC(C)CC(C)C1. The topological polar surface area (TPSA) is 21.3 Å². The van der Waals surface area contributed by atoms with Crippen molar-refractivity contribution in [1.82, 2.24) is 5.32 Å². The number of hydrogen-bond donors (Lipinski definition) is 1. The molecule has 0 amide bonds. The van der Waals surface area contributed by atoms with Crippen LogP contribution in [0.25, 0.3) is 0 Å². The molecule has 1 N–H and O–H groups in total.